The molecule has 0 aliphatic rings. The van der Waals surface area contributed by atoms with Crippen LogP contribution in [0, 0.1) is 0 Å². The zero-order chi connectivity index (χ0) is 15.3. The van der Waals surface area contributed by atoms with Gasteiger partial charge in [-0.2, -0.15) is 0 Å². The molecule has 11 heteroatoms. The molecule has 0 aromatic carbocycles. The first-order valence-electron chi connectivity index (χ1n) is 4.74. The summed E-state index contributed by atoms with van der Waals surface area (Å²) in [6, 6.07) is 0. The monoisotopic (exact) mass is 300 g/mol. The van der Waals surface area contributed by atoms with Crippen molar-refractivity contribution in [3.05, 3.63) is 0 Å². The first-order chi connectivity index (χ1) is 8.46. The van der Waals surface area contributed by atoms with Crippen molar-refractivity contribution < 1.29 is 47.5 Å². The van der Waals surface area contributed by atoms with Crippen LogP contribution < -0.4 is 0 Å². The average Bonchev–Trinajstić information content (AvgIpc) is 2.09. The fraction of sp³-hybridized carbons (Fsp3) is 0.625. The predicted molar refractivity (Wildman–Crippen MR) is 56.0 cm³/mol. The average molecular weight is 300 g/mol. The SMILES string of the molecule is CC(=O)OC(COP(=O)(O)O)(OC(C)=O)OC(C)=O. The first kappa shape index (κ1) is 17.5. The molecule has 0 rings (SSSR count). The number of carbonyl (C=O) groups excluding carboxylic acids is 3. The van der Waals surface area contributed by atoms with Crippen molar-refractivity contribution >= 4 is 25.7 Å². The zero-order valence-electron chi connectivity index (χ0n) is 10.3. The third-order valence-corrected chi connectivity index (χ3v) is 1.77. The van der Waals surface area contributed by atoms with Gasteiger partial charge >= 0.3 is 31.7 Å². The normalized spacial score (nSPS) is 11.6. The summed E-state index contributed by atoms with van der Waals surface area (Å²) in [6.07, 6.45) is 0. The summed E-state index contributed by atoms with van der Waals surface area (Å²) in [5, 5.41) is 0. The first-order valence-corrected chi connectivity index (χ1v) is 6.27. The Balaban J connectivity index is 5.20. The molecular weight excluding hydrogens is 287 g/mol. The smallest absolute Gasteiger partial charge is 0.386 e. The number of hydrogen-bond donors (Lipinski definition) is 2. The molecule has 0 unspecified atom stereocenters. The summed E-state index contributed by atoms with van der Waals surface area (Å²) < 4.78 is 28.0. The predicted octanol–water partition coefficient (Wildman–Crippen LogP) is -0.561. The maximum Gasteiger partial charge on any atom is 0.470 e. The molecular formula is C8H13O10P. The number of carbonyl (C=O) groups is 3. The minimum Gasteiger partial charge on any atom is -0.386 e. The van der Waals surface area contributed by atoms with Crippen LogP contribution in [0.1, 0.15) is 20.8 Å². The van der Waals surface area contributed by atoms with E-state index >= 15 is 0 Å². The fourth-order valence-electron chi connectivity index (χ4n) is 0.971. The highest BCUT2D eigenvalue weighted by molar-refractivity contribution is 7.46. The maximum absolute atomic E-state index is 10.9. The lowest BCUT2D eigenvalue weighted by molar-refractivity contribution is -0.337. The van der Waals surface area contributed by atoms with E-state index in [-0.39, 0.29) is 0 Å². The molecule has 0 aliphatic carbocycles. The number of phosphoric acid groups is 1. The van der Waals surface area contributed by atoms with Gasteiger partial charge in [0.1, 0.15) is 0 Å². The largest absolute Gasteiger partial charge is 0.470 e. The fourth-order valence-corrected chi connectivity index (χ4v) is 1.30. The summed E-state index contributed by atoms with van der Waals surface area (Å²) in [5.41, 5.74) is 0. The van der Waals surface area contributed by atoms with Gasteiger partial charge in [0.15, 0.2) is 6.61 Å². The molecule has 0 radical (unpaired) electrons. The molecule has 0 amide bonds. The molecule has 0 spiro atoms. The lowest BCUT2D eigenvalue weighted by atomic mass is 10.5. The Morgan fingerprint density at radius 2 is 1.26 bits per heavy atom. The summed E-state index contributed by atoms with van der Waals surface area (Å²) >= 11 is 0. The highest BCUT2D eigenvalue weighted by Crippen LogP contribution is 2.37. The summed E-state index contributed by atoms with van der Waals surface area (Å²) in [5.74, 6) is -5.78. The van der Waals surface area contributed by atoms with Crippen molar-refractivity contribution in [3.8, 4) is 0 Å². The highest BCUT2D eigenvalue weighted by Gasteiger charge is 2.44. The maximum atomic E-state index is 10.9. The van der Waals surface area contributed by atoms with E-state index in [1.54, 1.807) is 0 Å². The highest BCUT2D eigenvalue weighted by atomic mass is 31.2. The Kier molecular flexibility index (Phi) is 6.10. The van der Waals surface area contributed by atoms with Gasteiger partial charge < -0.3 is 24.0 Å². The van der Waals surface area contributed by atoms with Crippen molar-refractivity contribution in [1.29, 1.82) is 0 Å². The van der Waals surface area contributed by atoms with Crippen LogP contribution in [0.3, 0.4) is 0 Å². The van der Waals surface area contributed by atoms with E-state index in [1.165, 1.54) is 0 Å². The van der Waals surface area contributed by atoms with Crippen LogP contribution in [-0.2, 0) is 37.7 Å². The van der Waals surface area contributed by atoms with Gasteiger partial charge in [0.2, 0.25) is 0 Å². The third-order valence-electron chi connectivity index (χ3n) is 1.31. The molecule has 0 fully saturated rings. The van der Waals surface area contributed by atoms with Crippen LogP contribution in [0.2, 0.25) is 0 Å². The van der Waals surface area contributed by atoms with Gasteiger partial charge in [0.05, 0.1) is 0 Å². The van der Waals surface area contributed by atoms with Crippen molar-refractivity contribution in [1.82, 2.24) is 0 Å². The van der Waals surface area contributed by atoms with Crippen LogP contribution in [0.5, 0.6) is 0 Å². The van der Waals surface area contributed by atoms with Gasteiger partial charge in [-0.1, -0.05) is 0 Å². The van der Waals surface area contributed by atoms with Gasteiger partial charge in [0, 0.05) is 20.8 Å². The Hall–Kier alpha value is -1.48. The third kappa shape index (κ3) is 8.27. The standard InChI is InChI=1S/C8H13O10P/c1-5(9)16-8(17-6(2)10,18-7(3)11)4-15-19(12,13)14/h4H2,1-3H3,(H2,12,13,14). The number of esters is 3. The van der Waals surface area contributed by atoms with Gasteiger partial charge in [-0.3, -0.25) is 18.9 Å². The van der Waals surface area contributed by atoms with Crippen molar-refractivity contribution in [2.75, 3.05) is 6.61 Å². The number of phosphoric ester groups is 1. The van der Waals surface area contributed by atoms with Gasteiger partial charge in [0.25, 0.3) is 0 Å². The van der Waals surface area contributed by atoms with Gasteiger partial charge in [-0.15, -0.1) is 0 Å². The second-order valence-electron chi connectivity index (χ2n) is 3.23. The minimum atomic E-state index is -4.97. The van der Waals surface area contributed by atoms with E-state index < -0.39 is 38.3 Å². The Bertz CT molecular complexity index is 369. The van der Waals surface area contributed by atoms with E-state index in [0.29, 0.717) is 0 Å². The molecule has 0 bridgehead atoms. The lowest BCUT2D eigenvalue weighted by Gasteiger charge is -2.29. The lowest BCUT2D eigenvalue weighted by Crippen LogP contribution is -2.47. The molecule has 0 aromatic heterocycles. The molecule has 0 heterocycles. The Morgan fingerprint density at radius 3 is 1.47 bits per heavy atom. The Morgan fingerprint density at radius 1 is 0.947 bits per heavy atom. The molecule has 0 saturated heterocycles. The molecule has 0 aromatic rings. The summed E-state index contributed by atoms with van der Waals surface area (Å²) in [6.45, 7) is 1.52. The summed E-state index contributed by atoms with van der Waals surface area (Å²) in [4.78, 5) is 49.8. The van der Waals surface area contributed by atoms with Crippen LogP contribution in [0.15, 0.2) is 0 Å². The molecule has 19 heavy (non-hydrogen) atoms. The number of ether oxygens (including phenoxy) is 3. The van der Waals surface area contributed by atoms with E-state index in [9.17, 15) is 18.9 Å². The van der Waals surface area contributed by atoms with Crippen LogP contribution >= 0.6 is 7.82 Å². The summed E-state index contributed by atoms with van der Waals surface area (Å²) in [7, 11) is -4.97. The Labute approximate surface area is 107 Å². The van der Waals surface area contributed by atoms with Gasteiger partial charge in [-0.25, -0.2) is 4.57 Å². The molecule has 0 aliphatic heterocycles. The van der Waals surface area contributed by atoms with E-state index in [4.69, 9.17) is 9.79 Å². The van der Waals surface area contributed by atoms with E-state index in [2.05, 4.69) is 18.7 Å². The minimum absolute atomic E-state index is 0.902. The molecule has 10 nitrogen and oxygen atoms in total. The second kappa shape index (κ2) is 6.62. The topological polar surface area (TPSA) is 146 Å². The molecule has 0 atom stereocenters. The van der Waals surface area contributed by atoms with E-state index in [0.717, 1.165) is 20.8 Å². The second-order valence-corrected chi connectivity index (χ2v) is 4.47. The molecule has 2 N–H and O–H groups in total. The van der Waals surface area contributed by atoms with Crippen LogP contribution in [0.25, 0.3) is 0 Å². The quantitative estimate of drug-likeness (QED) is 0.371. The molecule has 0 saturated carbocycles. The number of hydrogen-bond acceptors (Lipinski definition) is 8. The van der Waals surface area contributed by atoms with E-state index in [1.807, 2.05) is 0 Å². The van der Waals surface area contributed by atoms with Crippen LogP contribution in [-0.4, -0.2) is 40.3 Å². The number of rotatable bonds is 6. The van der Waals surface area contributed by atoms with Gasteiger partial charge in [-0.05, 0) is 0 Å². The van der Waals surface area contributed by atoms with Crippen molar-refractivity contribution in [3.63, 3.8) is 0 Å². The van der Waals surface area contributed by atoms with Crippen molar-refractivity contribution in [2.24, 2.45) is 0 Å². The van der Waals surface area contributed by atoms with Crippen LogP contribution in [0.4, 0.5) is 0 Å². The van der Waals surface area contributed by atoms with Crippen molar-refractivity contribution in [2.45, 2.75) is 26.7 Å². The zero-order valence-corrected chi connectivity index (χ0v) is 11.2. The molecule has 110 valence electrons.